The number of ether oxygens (including phenoxy) is 3. The Morgan fingerprint density at radius 3 is 2.76 bits per heavy atom. The van der Waals surface area contributed by atoms with Gasteiger partial charge < -0.3 is 19.9 Å². The van der Waals surface area contributed by atoms with Gasteiger partial charge in [-0.15, -0.1) is 0 Å². The lowest BCUT2D eigenvalue weighted by atomic mass is 10.1. The molecule has 1 atom stereocenters. The van der Waals surface area contributed by atoms with E-state index < -0.39 is 22.7 Å². The van der Waals surface area contributed by atoms with Gasteiger partial charge in [-0.05, 0) is 36.3 Å². The number of amidine groups is 1. The Labute approximate surface area is 218 Å². The number of halogens is 1. The fourth-order valence-electron chi connectivity index (χ4n) is 3.33. The molecule has 1 unspecified atom stereocenters. The van der Waals surface area contributed by atoms with E-state index in [1.54, 1.807) is 12.1 Å². The molecule has 0 aliphatic carbocycles. The normalized spacial score (nSPS) is 15.2. The minimum atomic E-state index is -1.85. The van der Waals surface area contributed by atoms with Crippen LogP contribution in [-0.2, 0) is 15.7 Å². The molecule has 1 aliphatic rings. The Kier molecular flexibility index (Phi) is 10.3. The Bertz CT molecular complexity index is 1200. The summed E-state index contributed by atoms with van der Waals surface area (Å²) in [7, 11) is -1.85. The van der Waals surface area contributed by atoms with Gasteiger partial charge in [0.15, 0.2) is 0 Å². The van der Waals surface area contributed by atoms with Gasteiger partial charge in [-0.3, -0.25) is 14.9 Å². The average molecular weight is 531 g/mol. The summed E-state index contributed by atoms with van der Waals surface area (Å²) in [6.07, 6.45) is 5.17. The molecule has 2 heterocycles. The molecule has 1 aromatic heterocycles. The van der Waals surface area contributed by atoms with E-state index in [-0.39, 0.29) is 29.3 Å². The molecule has 2 aromatic rings. The molecule has 0 spiro atoms. The summed E-state index contributed by atoms with van der Waals surface area (Å²) in [5.41, 5.74) is 6.16. The Morgan fingerprint density at radius 1 is 1.30 bits per heavy atom. The number of nitrogens with two attached hydrogens (primary N) is 1. The molecule has 1 aliphatic heterocycles. The topological polar surface area (TPSA) is 137 Å². The van der Waals surface area contributed by atoms with E-state index in [1.807, 2.05) is 13.8 Å². The van der Waals surface area contributed by atoms with Crippen LogP contribution in [0.25, 0.3) is 11.3 Å². The van der Waals surface area contributed by atoms with Gasteiger partial charge in [0.1, 0.15) is 40.1 Å². The van der Waals surface area contributed by atoms with Gasteiger partial charge in [0.25, 0.3) is 5.91 Å². The van der Waals surface area contributed by atoms with Crippen LogP contribution >= 0.6 is 0 Å². The molecule has 1 saturated heterocycles. The molecule has 1 fully saturated rings. The third-order valence-corrected chi connectivity index (χ3v) is 5.88. The molecule has 9 nitrogen and oxygen atoms in total. The molecular formula is C26H31FN4O5S. The molecule has 3 rings (SSSR count). The molecule has 198 valence electrons. The van der Waals surface area contributed by atoms with Crippen LogP contribution in [0.4, 0.5) is 4.39 Å². The van der Waals surface area contributed by atoms with Crippen molar-refractivity contribution >= 4 is 22.7 Å². The number of nitrogens with one attached hydrogen (secondary N) is 2. The lowest BCUT2D eigenvalue weighted by Gasteiger charge is -2.24. The number of amides is 1. The second-order valence-electron chi connectivity index (χ2n) is 8.73. The second kappa shape index (κ2) is 13.7. The average Bonchev–Trinajstić information content (AvgIpc) is 2.85. The van der Waals surface area contributed by atoms with Crippen LogP contribution in [0.15, 0.2) is 54.0 Å². The van der Waals surface area contributed by atoms with Crippen molar-refractivity contribution in [1.29, 1.82) is 5.41 Å². The van der Waals surface area contributed by atoms with Crippen LogP contribution in [0.2, 0.25) is 0 Å². The zero-order valence-electron chi connectivity index (χ0n) is 20.7. The predicted octanol–water partition coefficient (Wildman–Crippen LogP) is 3.88. The highest BCUT2D eigenvalue weighted by Gasteiger charge is 2.22. The number of benzene rings is 1. The SMILES string of the molecule is CC(C)COc1cc(F)cc(-c2ccc(C(=O)NS(=O)/C=C/C=C\C(=N)N)c(OC3CCOCC3)n2)c1. The van der Waals surface area contributed by atoms with Crippen molar-refractivity contribution in [1.82, 2.24) is 9.71 Å². The lowest BCUT2D eigenvalue weighted by molar-refractivity contribution is 0.0234. The molecule has 0 saturated carbocycles. The lowest BCUT2D eigenvalue weighted by Crippen LogP contribution is -2.29. The first-order valence-corrected chi connectivity index (χ1v) is 13.0. The summed E-state index contributed by atoms with van der Waals surface area (Å²) in [5, 5.41) is 8.37. The van der Waals surface area contributed by atoms with Gasteiger partial charge in [0, 0.05) is 29.9 Å². The molecule has 4 N–H and O–H groups in total. The standard InChI is InChI=1S/C26H31FN4O5S/c1-17(2)16-35-21-14-18(13-19(27)15-21)23-7-6-22(26(30-23)36-20-8-10-34-11-9-20)25(32)31-37(33)12-4-3-5-24(28)29/h3-7,12-15,17,20H,8-11,16H2,1-2H3,(H3,28,29)(H,31,32)/b5-3-,12-4+. The molecule has 0 radical (unpaired) electrons. The van der Waals surface area contributed by atoms with Crippen molar-refractivity contribution in [3.8, 4) is 22.9 Å². The minimum Gasteiger partial charge on any atom is -0.493 e. The number of nitrogens with zero attached hydrogens (tertiary/aromatic N) is 1. The van der Waals surface area contributed by atoms with Crippen LogP contribution in [0, 0.1) is 17.1 Å². The number of carbonyl (C=O) groups is 1. The smallest absolute Gasteiger partial charge is 0.268 e. The van der Waals surface area contributed by atoms with Crippen molar-refractivity contribution in [2.75, 3.05) is 19.8 Å². The van der Waals surface area contributed by atoms with E-state index in [4.69, 9.17) is 25.4 Å². The minimum absolute atomic E-state index is 0.0493. The van der Waals surface area contributed by atoms with Crippen LogP contribution < -0.4 is 19.9 Å². The van der Waals surface area contributed by atoms with E-state index in [2.05, 4.69) is 9.71 Å². The van der Waals surface area contributed by atoms with Crippen molar-refractivity contribution in [3.05, 3.63) is 65.3 Å². The van der Waals surface area contributed by atoms with E-state index in [1.165, 1.54) is 41.8 Å². The summed E-state index contributed by atoms with van der Waals surface area (Å²) in [4.78, 5) is 17.5. The molecule has 0 bridgehead atoms. The van der Waals surface area contributed by atoms with Gasteiger partial charge in [-0.25, -0.2) is 13.6 Å². The van der Waals surface area contributed by atoms with Gasteiger partial charge in [-0.2, -0.15) is 0 Å². The first-order valence-electron chi connectivity index (χ1n) is 11.8. The monoisotopic (exact) mass is 530 g/mol. The molecular weight excluding hydrogens is 499 g/mol. The fraction of sp³-hybridized carbons (Fsp3) is 0.346. The highest BCUT2D eigenvalue weighted by molar-refractivity contribution is 7.86. The number of hydrogen-bond acceptors (Lipinski definition) is 7. The van der Waals surface area contributed by atoms with Gasteiger partial charge >= 0.3 is 0 Å². The maximum absolute atomic E-state index is 14.4. The fourth-order valence-corrected chi connectivity index (χ4v) is 3.92. The first kappa shape index (κ1) is 28.0. The zero-order chi connectivity index (χ0) is 26.8. The number of carbonyl (C=O) groups excluding carboxylic acids is 1. The van der Waals surface area contributed by atoms with E-state index in [9.17, 15) is 13.4 Å². The van der Waals surface area contributed by atoms with Gasteiger partial charge in [0.05, 0.1) is 25.5 Å². The van der Waals surface area contributed by atoms with E-state index >= 15 is 0 Å². The summed E-state index contributed by atoms with van der Waals surface area (Å²) in [6, 6.07) is 7.39. The van der Waals surface area contributed by atoms with Gasteiger partial charge in [-0.1, -0.05) is 26.0 Å². The van der Waals surface area contributed by atoms with Crippen LogP contribution in [-0.4, -0.2) is 46.9 Å². The zero-order valence-corrected chi connectivity index (χ0v) is 21.6. The highest BCUT2D eigenvalue weighted by atomic mass is 32.2. The summed E-state index contributed by atoms with van der Waals surface area (Å²) >= 11 is 0. The summed E-state index contributed by atoms with van der Waals surface area (Å²) < 4.78 is 46.1. The molecule has 1 amide bonds. The Hall–Kier alpha value is -3.57. The van der Waals surface area contributed by atoms with Crippen molar-refractivity contribution in [3.63, 3.8) is 0 Å². The second-order valence-corrected chi connectivity index (χ2v) is 9.80. The molecule has 37 heavy (non-hydrogen) atoms. The third kappa shape index (κ3) is 9.10. The third-order valence-electron chi connectivity index (χ3n) is 5.08. The largest absolute Gasteiger partial charge is 0.493 e. The van der Waals surface area contributed by atoms with Crippen molar-refractivity contribution in [2.24, 2.45) is 11.7 Å². The predicted molar refractivity (Wildman–Crippen MR) is 140 cm³/mol. The Balaban J connectivity index is 1.87. The highest BCUT2D eigenvalue weighted by Crippen LogP contribution is 2.29. The quantitative estimate of drug-likeness (QED) is 0.228. The maximum atomic E-state index is 14.4. The van der Waals surface area contributed by atoms with Crippen LogP contribution in [0.1, 0.15) is 37.0 Å². The first-order chi connectivity index (χ1) is 17.7. The van der Waals surface area contributed by atoms with Crippen molar-refractivity contribution in [2.45, 2.75) is 32.8 Å². The van der Waals surface area contributed by atoms with Crippen molar-refractivity contribution < 1.29 is 27.6 Å². The number of rotatable bonds is 11. The maximum Gasteiger partial charge on any atom is 0.268 e. The number of allylic oxidation sites excluding steroid dienone is 2. The summed E-state index contributed by atoms with van der Waals surface area (Å²) in [6.45, 7) is 5.47. The molecule has 11 heteroatoms. The Morgan fingerprint density at radius 2 is 2.05 bits per heavy atom. The molecule has 1 aromatic carbocycles. The number of hydrogen-bond donors (Lipinski definition) is 3. The van der Waals surface area contributed by atoms with Crippen LogP contribution in [0.5, 0.6) is 11.6 Å². The van der Waals surface area contributed by atoms with E-state index in [0.717, 1.165) is 0 Å². The van der Waals surface area contributed by atoms with Gasteiger partial charge in [0.2, 0.25) is 5.88 Å². The summed E-state index contributed by atoms with van der Waals surface area (Å²) in [5.74, 6) is -0.591. The number of pyridine rings is 1. The number of aromatic nitrogens is 1. The van der Waals surface area contributed by atoms with Crippen LogP contribution in [0.3, 0.4) is 0 Å². The van der Waals surface area contributed by atoms with E-state index in [0.29, 0.717) is 49.7 Å².